The molecule has 7 heteroatoms. The summed E-state index contributed by atoms with van der Waals surface area (Å²) in [5.41, 5.74) is 1.29. The van der Waals surface area contributed by atoms with Gasteiger partial charge in [-0.25, -0.2) is 14.5 Å². The van der Waals surface area contributed by atoms with Crippen molar-refractivity contribution in [3.05, 3.63) is 18.5 Å². The van der Waals surface area contributed by atoms with Gasteiger partial charge in [-0.2, -0.15) is 5.10 Å². The molecule has 2 rings (SSSR count). The van der Waals surface area contributed by atoms with Crippen LogP contribution in [0.3, 0.4) is 0 Å². The zero-order valence-electron chi connectivity index (χ0n) is 10.8. The normalized spacial score (nSPS) is 10.9. The van der Waals surface area contributed by atoms with E-state index in [-0.39, 0.29) is 19.3 Å². The lowest BCUT2D eigenvalue weighted by molar-refractivity contribution is 0.131. The topological polar surface area (TPSA) is 89.3 Å². The first-order valence-corrected chi connectivity index (χ1v) is 5.99. The SMILES string of the molecule is CC(C)n1ncc2cc(NC(=O)OCCO)cnc21. The van der Waals surface area contributed by atoms with Gasteiger partial charge in [0.2, 0.25) is 0 Å². The Morgan fingerprint density at radius 1 is 1.53 bits per heavy atom. The van der Waals surface area contributed by atoms with Crippen LogP contribution in [0.2, 0.25) is 0 Å². The van der Waals surface area contributed by atoms with Crippen LogP contribution in [0.4, 0.5) is 10.5 Å². The maximum atomic E-state index is 11.3. The highest BCUT2D eigenvalue weighted by molar-refractivity contribution is 5.88. The molecule has 0 fully saturated rings. The number of amides is 1. The number of anilines is 1. The number of fused-ring (bicyclic) bond motifs is 1. The van der Waals surface area contributed by atoms with Crippen molar-refractivity contribution in [2.24, 2.45) is 0 Å². The van der Waals surface area contributed by atoms with Gasteiger partial charge in [-0.15, -0.1) is 0 Å². The molecule has 0 saturated heterocycles. The van der Waals surface area contributed by atoms with Crippen LogP contribution in [0.5, 0.6) is 0 Å². The van der Waals surface area contributed by atoms with Gasteiger partial charge in [-0.3, -0.25) is 5.32 Å². The average Bonchev–Trinajstić information content (AvgIpc) is 2.79. The number of aliphatic hydroxyl groups is 1. The van der Waals surface area contributed by atoms with Gasteiger partial charge in [-0.05, 0) is 19.9 Å². The predicted molar refractivity (Wildman–Crippen MR) is 70.0 cm³/mol. The van der Waals surface area contributed by atoms with Gasteiger partial charge in [0.05, 0.1) is 24.7 Å². The minimum absolute atomic E-state index is 0.0349. The predicted octanol–water partition coefficient (Wildman–Crippen LogP) is 1.55. The van der Waals surface area contributed by atoms with Crippen LogP contribution in [0.1, 0.15) is 19.9 Å². The zero-order chi connectivity index (χ0) is 13.8. The third-order valence-corrected chi connectivity index (χ3v) is 2.49. The van der Waals surface area contributed by atoms with E-state index in [4.69, 9.17) is 9.84 Å². The number of hydrogen-bond acceptors (Lipinski definition) is 5. The summed E-state index contributed by atoms with van der Waals surface area (Å²) < 4.78 is 6.51. The average molecular weight is 264 g/mol. The third-order valence-electron chi connectivity index (χ3n) is 2.49. The molecule has 19 heavy (non-hydrogen) atoms. The Hall–Kier alpha value is -2.15. The minimum Gasteiger partial charge on any atom is -0.447 e. The second-order valence-electron chi connectivity index (χ2n) is 4.30. The second-order valence-corrected chi connectivity index (χ2v) is 4.30. The largest absolute Gasteiger partial charge is 0.447 e. The van der Waals surface area contributed by atoms with Crippen LogP contribution in [-0.4, -0.2) is 39.2 Å². The molecule has 1 amide bonds. The second kappa shape index (κ2) is 5.66. The number of ether oxygens (including phenoxy) is 1. The molecule has 0 radical (unpaired) electrons. The Kier molecular flexibility index (Phi) is 3.96. The molecule has 7 nitrogen and oxygen atoms in total. The van der Waals surface area contributed by atoms with E-state index < -0.39 is 6.09 Å². The first kappa shape index (κ1) is 13.3. The Balaban J connectivity index is 2.16. The van der Waals surface area contributed by atoms with Crippen molar-refractivity contribution < 1.29 is 14.6 Å². The third kappa shape index (κ3) is 3.00. The summed E-state index contributed by atoms with van der Waals surface area (Å²) in [7, 11) is 0. The minimum atomic E-state index is -0.619. The highest BCUT2D eigenvalue weighted by Crippen LogP contribution is 2.19. The quantitative estimate of drug-likeness (QED) is 0.874. The van der Waals surface area contributed by atoms with E-state index in [1.807, 2.05) is 18.5 Å². The molecule has 0 bridgehead atoms. The standard InChI is InChI=1S/C12H16N4O3/c1-8(2)16-11-9(6-14-16)5-10(7-13-11)15-12(18)19-4-3-17/h5-8,17H,3-4H2,1-2H3,(H,15,18). The fraction of sp³-hybridized carbons (Fsp3) is 0.417. The van der Waals surface area contributed by atoms with Crippen LogP contribution in [0.15, 0.2) is 18.5 Å². The van der Waals surface area contributed by atoms with Crippen molar-refractivity contribution in [1.29, 1.82) is 0 Å². The van der Waals surface area contributed by atoms with E-state index in [2.05, 4.69) is 15.4 Å². The number of rotatable bonds is 4. The molecule has 0 atom stereocenters. The summed E-state index contributed by atoms with van der Waals surface area (Å²) in [5.74, 6) is 0. The van der Waals surface area contributed by atoms with Crippen molar-refractivity contribution >= 4 is 22.8 Å². The molecule has 0 unspecified atom stereocenters. The highest BCUT2D eigenvalue weighted by atomic mass is 16.6. The maximum absolute atomic E-state index is 11.3. The van der Waals surface area contributed by atoms with Gasteiger partial charge in [0.25, 0.3) is 0 Å². The lowest BCUT2D eigenvalue weighted by Crippen LogP contribution is -2.15. The summed E-state index contributed by atoms with van der Waals surface area (Å²) in [4.78, 5) is 15.6. The van der Waals surface area contributed by atoms with E-state index >= 15 is 0 Å². The van der Waals surface area contributed by atoms with E-state index in [1.165, 1.54) is 0 Å². The lowest BCUT2D eigenvalue weighted by atomic mass is 10.3. The van der Waals surface area contributed by atoms with E-state index in [0.717, 1.165) is 11.0 Å². The first-order valence-electron chi connectivity index (χ1n) is 5.99. The molecular weight excluding hydrogens is 248 g/mol. The number of hydrogen-bond donors (Lipinski definition) is 2. The van der Waals surface area contributed by atoms with Crippen LogP contribution in [0.25, 0.3) is 11.0 Å². The zero-order valence-corrected chi connectivity index (χ0v) is 10.8. The Morgan fingerprint density at radius 2 is 2.32 bits per heavy atom. The Morgan fingerprint density at radius 3 is 3.00 bits per heavy atom. The number of pyridine rings is 1. The van der Waals surface area contributed by atoms with Gasteiger partial charge in [0.1, 0.15) is 6.61 Å². The molecule has 2 aromatic rings. The summed E-state index contributed by atoms with van der Waals surface area (Å²) in [5, 5.41) is 16.2. The molecule has 0 saturated carbocycles. The number of carbonyl (C=O) groups is 1. The van der Waals surface area contributed by atoms with Crippen molar-refractivity contribution in [3.63, 3.8) is 0 Å². The van der Waals surface area contributed by atoms with Crippen molar-refractivity contribution in [3.8, 4) is 0 Å². The fourth-order valence-electron chi connectivity index (χ4n) is 1.68. The van der Waals surface area contributed by atoms with Crippen molar-refractivity contribution in [2.45, 2.75) is 19.9 Å². The van der Waals surface area contributed by atoms with Crippen molar-refractivity contribution in [1.82, 2.24) is 14.8 Å². The molecule has 102 valence electrons. The Labute approximate surface area is 110 Å². The number of carbonyl (C=O) groups excluding carboxylic acids is 1. The van der Waals surface area contributed by atoms with Crippen LogP contribution in [-0.2, 0) is 4.74 Å². The van der Waals surface area contributed by atoms with Crippen LogP contribution >= 0.6 is 0 Å². The Bertz CT molecular complexity index is 579. The van der Waals surface area contributed by atoms with Gasteiger partial charge in [0, 0.05) is 11.4 Å². The van der Waals surface area contributed by atoms with E-state index in [0.29, 0.717) is 5.69 Å². The number of aliphatic hydroxyl groups excluding tert-OH is 1. The van der Waals surface area contributed by atoms with Gasteiger partial charge in [0.15, 0.2) is 5.65 Å². The van der Waals surface area contributed by atoms with Gasteiger partial charge < -0.3 is 9.84 Å². The van der Waals surface area contributed by atoms with Crippen LogP contribution in [0, 0.1) is 0 Å². The van der Waals surface area contributed by atoms with Gasteiger partial charge in [-0.1, -0.05) is 0 Å². The smallest absolute Gasteiger partial charge is 0.411 e. The molecule has 0 aliphatic rings. The molecule has 0 aliphatic carbocycles. The summed E-state index contributed by atoms with van der Waals surface area (Å²) >= 11 is 0. The van der Waals surface area contributed by atoms with E-state index in [1.54, 1.807) is 18.5 Å². The fourth-order valence-corrected chi connectivity index (χ4v) is 1.68. The summed E-state index contributed by atoms with van der Waals surface area (Å²) in [6.45, 7) is 3.80. The molecule has 0 aromatic carbocycles. The monoisotopic (exact) mass is 264 g/mol. The number of nitrogens with one attached hydrogen (secondary N) is 1. The van der Waals surface area contributed by atoms with Gasteiger partial charge >= 0.3 is 6.09 Å². The molecule has 0 spiro atoms. The summed E-state index contributed by atoms with van der Waals surface area (Å²) in [6.07, 6.45) is 2.63. The molecule has 2 aromatic heterocycles. The summed E-state index contributed by atoms with van der Waals surface area (Å²) in [6, 6.07) is 1.99. The molecular formula is C12H16N4O3. The lowest BCUT2D eigenvalue weighted by Gasteiger charge is -2.07. The number of nitrogens with zero attached hydrogens (tertiary/aromatic N) is 3. The number of aromatic nitrogens is 3. The van der Waals surface area contributed by atoms with Crippen molar-refractivity contribution in [2.75, 3.05) is 18.5 Å². The highest BCUT2D eigenvalue weighted by Gasteiger charge is 2.09. The molecule has 2 N–H and O–H groups in total. The van der Waals surface area contributed by atoms with Crippen LogP contribution < -0.4 is 5.32 Å². The maximum Gasteiger partial charge on any atom is 0.411 e. The molecule has 2 heterocycles. The molecule has 0 aliphatic heterocycles. The van der Waals surface area contributed by atoms with E-state index in [9.17, 15) is 4.79 Å². The first-order chi connectivity index (χ1) is 9.11.